The number of aliphatic hydroxyl groups is 5. The van der Waals surface area contributed by atoms with Gasteiger partial charge >= 0.3 is 0 Å². The van der Waals surface area contributed by atoms with Crippen molar-refractivity contribution < 1.29 is 67.3 Å². The summed E-state index contributed by atoms with van der Waals surface area (Å²) in [5.41, 5.74) is 4.52. The molecule has 0 radical (unpaired) electrons. The monoisotopic (exact) mass is 587 g/mol. The largest absolute Gasteiger partial charge is 0.756 e. The summed E-state index contributed by atoms with van der Waals surface area (Å²) in [6.07, 6.45) is -14.3. The molecule has 8 N–H and O–H groups in total. The van der Waals surface area contributed by atoms with Gasteiger partial charge in [0.1, 0.15) is 36.6 Å². The highest BCUT2D eigenvalue weighted by atomic mass is 31.3. The number of nitrogens with two attached hydrogens (primary N) is 1. The van der Waals surface area contributed by atoms with Gasteiger partial charge in [0.15, 0.2) is 23.7 Å². The summed E-state index contributed by atoms with van der Waals surface area (Å²) in [7, 11) is -11.6. The number of aliphatic hydroxyl groups excluding tert-OH is 5. The van der Waals surface area contributed by atoms with Gasteiger partial charge in [0.25, 0.3) is 21.2 Å². The second kappa shape index (κ2) is 10.6. The molecule has 20 nitrogen and oxygen atoms in total. The first-order valence-electron chi connectivity index (χ1n) is 10.7. The van der Waals surface area contributed by atoms with E-state index in [9.17, 15) is 49.2 Å². The van der Waals surface area contributed by atoms with Crippen molar-refractivity contribution >= 4 is 32.8 Å². The number of hydrogen-bond donors (Lipinski definition) is 7. The number of aromatic nitrogens is 4. The molecule has 2 aromatic heterocycles. The molecule has 11 atom stereocenters. The van der Waals surface area contributed by atoms with Crippen LogP contribution < -0.4 is 21.1 Å². The molecule has 38 heavy (non-hydrogen) atoms. The van der Waals surface area contributed by atoms with E-state index in [1.165, 1.54) is 6.92 Å². The lowest BCUT2D eigenvalue weighted by Gasteiger charge is -2.41. The summed E-state index contributed by atoms with van der Waals surface area (Å²) < 4.78 is 48.3. The molecule has 0 aromatic carbocycles. The lowest BCUT2D eigenvalue weighted by atomic mass is 10.0. The average Bonchev–Trinajstić information content (AvgIpc) is 3.35. The lowest BCUT2D eigenvalue weighted by molar-refractivity contribution is -0.299. The number of imidazole rings is 1. The van der Waals surface area contributed by atoms with Crippen LogP contribution in [0.2, 0.25) is 0 Å². The summed E-state index contributed by atoms with van der Waals surface area (Å²) in [5, 5.41) is 49.9. The summed E-state index contributed by atoms with van der Waals surface area (Å²) >= 11 is 0. The van der Waals surface area contributed by atoms with Crippen LogP contribution in [0.4, 0.5) is 5.95 Å². The predicted octanol–water partition coefficient (Wildman–Crippen LogP) is -4.86. The number of nitrogen functional groups attached to an aromatic ring is 1. The number of H-pyrrole nitrogens is 1. The number of phosphoric ester groups is 2. The Morgan fingerprint density at radius 1 is 1.08 bits per heavy atom. The third kappa shape index (κ3) is 5.83. The van der Waals surface area contributed by atoms with Gasteiger partial charge in [-0.25, -0.2) is 9.29 Å². The number of nitrogens with one attached hydrogen (secondary N) is 1. The molecule has 2 aliphatic heterocycles. The molecule has 0 bridgehead atoms. The van der Waals surface area contributed by atoms with E-state index in [1.807, 2.05) is 0 Å². The molecule has 0 amide bonds. The van der Waals surface area contributed by atoms with E-state index in [4.69, 9.17) is 15.2 Å². The van der Waals surface area contributed by atoms with Gasteiger partial charge < -0.3 is 55.1 Å². The maximum atomic E-state index is 12.1. The Bertz CT molecular complexity index is 1320. The summed E-state index contributed by atoms with van der Waals surface area (Å²) in [5.74, 6) is -0.280. The first kappa shape index (κ1) is 29.1. The Balaban J connectivity index is 1.39. The quantitative estimate of drug-likeness (QED) is 0.142. The van der Waals surface area contributed by atoms with Crippen LogP contribution in [0.1, 0.15) is 13.2 Å². The van der Waals surface area contributed by atoms with Gasteiger partial charge in [0, 0.05) is 0 Å². The minimum absolute atomic E-state index is 0.120. The zero-order valence-electron chi connectivity index (χ0n) is 19.1. The van der Waals surface area contributed by atoms with Crippen LogP contribution in [-0.4, -0.2) is 101 Å². The molecule has 2 unspecified atom stereocenters. The van der Waals surface area contributed by atoms with Gasteiger partial charge in [0.2, 0.25) is 5.95 Å². The van der Waals surface area contributed by atoms with Crippen LogP contribution in [0.3, 0.4) is 0 Å². The molecule has 0 aliphatic carbocycles. The molecule has 214 valence electrons. The highest BCUT2D eigenvalue weighted by Gasteiger charge is 2.46. The van der Waals surface area contributed by atoms with Crippen molar-refractivity contribution in [3.63, 3.8) is 0 Å². The van der Waals surface area contributed by atoms with E-state index in [0.29, 0.717) is 0 Å². The van der Waals surface area contributed by atoms with Crippen LogP contribution in [0.25, 0.3) is 11.2 Å². The molecule has 0 spiro atoms. The second-order valence-corrected chi connectivity index (χ2v) is 11.3. The Morgan fingerprint density at radius 3 is 2.45 bits per heavy atom. The average molecular weight is 587 g/mol. The molecule has 22 heteroatoms. The van der Waals surface area contributed by atoms with Gasteiger partial charge in [-0.1, -0.05) is 0 Å². The van der Waals surface area contributed by atoms with Crippen molar-refractivity contribution in [1.29, 1.82) is 0 Å². The van der Waals surface area contributed by atoms with E-state index >= 15 is 0 Å². The zero-order chi connectivity index (χ0) is 28.2. The fraction of sp³-hybridized carbons (Fsp3) is 0.688. The number of ether oxygens (including phenoxy) is 2. The summed E-state index contributed by atoms with van der Waals surface area (Å²) in [6, 6.07) is 0. The minimum Gasteiger partial charge on any atom is -0.756 e. The maximum Gasteiger partial charge on any atom is 0.280 e. The van der Waals surface area contributed by atoms with Crippen LogP contribution in [0.15, 0.2) is 11.1 Å². The number of rotatable bonds is 8. The van der Waals surface area contributed by atoms with Crippen LogP contribution >= 0.6 is 15.6 Å². The Labute approximate surface area is 211 Å². The van der Waals surface area contributed by atoms with E-state index in [2.05, 4.69) is 28.3 Å². The van der Waals surface area contributed by atoms with Gasteiger partial charge in [-0.05, 0) is 6.92 Å². The smallest absolute Gasteiger partial charge is 0.280 e. The van der Waals surface area contributed by atoms with Crippen LogP contribution in [-0.2, 0) is 32.0 Å². The predicted molar refractivity (Wildman–Crippen MR) is 114 cm³/mol. The molecule has 2 aromatic rings. The van der Waals surface area contributed by atoms with E-state index in [-0.39, 0.29) is 17.1 Å². The van der Waals surface area contributed by atoms with Crippen molar-refractivity contribution in [1.82, 2.24) is 19.5 Å². The summed E-state index contributed by atoms with van der Waals surface area (Å²) in [6.45, 7) is 0.168. The highest BCUT2D eigenvalue weighted by Crippen LogP contribution is 2.57. The van der Waals surface area contributed by atoms with Crippen molar-refractivity contribution in [2.24, 2.45) is 0 Å². The number of nitrogens with zero attached hydrogens (tertiary/aromatic N) is 3. The number of fused-ring (bicyclic) bond motifs is 1. The third-order valence-electron chi connectivity index (χ3n) is 5.70. The fourth-order valence-electron chi connectivity index (χ4n) is 3.78. The fourth-order valence-corrected chi connectivity index (χ4v) is 5.86. The van der Waals surface area contributed by atoms with E-state index in [0.717, 1.165) is 10.9 Å². The van der Waals surface area contributed by atoms with Crippen LogP contribution in [0, 0.1) is 0 Å². The molecule has 2 fully saturated rings. The standard InChI is InChI=1S/C16H25N5O15P2/c1-4-7(22)9(24)11(26)15(33-4)35-38(30,31)36-37(28,29)32-2-5-8(23)10(25)14(34-5)21-3-18-6-12(21)19-16(17)20-13(6)27/h3-5,7-11,14-15,22-26H,2H2,1H3,(H,28,29)(H,30,31)(H3,17,19,20,27)/p-2/t4-,5-,7+,8-,9+,10-,11+,14-,15-/m1/s1. The molecular weight excluding hydrogens is 564 g/mol. The van der Waals surface area contributed by atoms with Gasteiger partial charge in [-0.15, -0.1) is 0 Å². The molecular formula is C16H23N5O15P2-2. The second-order valence-electron chi connectivity index (χ2n) is 8.38. The number of phosphoric acid groups is 2. The molecule has 4 heterocycles. The third-order valence-corrected chi connectivity index (χ3v) is 8.23. The SMILES string of the molecule is C[C@H]1O[C@H](OP(=O)([O-])OP(=O)([O-])OC[C@H]2O[C@@H](n3cnc4c(=O)[nH]c(N)nc43)[C@H](O)[C@@H]2O)[C@@H](O)[C@@H](O)[C@H]1O. The number of anilines is 1. The molecule has 0 saturated carbocycles. The van der Waals surface area contributed by atoms with Crippen molar-refractivity contribution in [2.75, 3.05) is 12.3 Å². The first-order valence-corrected chi connectivity index (χ1v) is 13.6. The minimum atomic E-state index is -5.82. The topological polar surface area (TPSA) is 317 Å². The van der Waals surface area contributed by atoms with E-state index < -0.39 is 83.1 Å². The van der Waals surface area contributed by atoms with Gasteiger partial charge in [-0.3, -0.25) is 28.0 Å². The summed E-state index contributed by atoms with van der Waals surface area (Å²) in [4.78, 5) is 46.1. The number of hydrogen-bond acceptors (Lipinski definition) is 18. The molecule has 2 saturated heterocycles. The normalized spacial score (nSPS) is 37.2. The van der Waals surface area contributed by atoms with Crippen molar-refractivity contribution in [2.45, 2.75) is 62.2 Å². The Morgan fingerprint density at radius 2 is 1.76 bits per heavy atom. The Hall–Kier alpha value is -1.87. The van der Waals surface area contributed by atoms with Crippen molar-refractivity contribution in [3.8, 4) is 0 Å². The van der Waals surface area contributed by atoms with Crippen LogP contribution in [0.5, 0.6) is 0 Å². The van der Waals surface area contributed by atoms with Gasteiger partial charge in [-0.2, -0.15) is 4.98 Å². The van der Waals surface area contributed by atoms with E-state index in [1.54, 1.807) is 0 Å². The highest BCUT2D eigenvalue weighted by molar-refractivity contribution is 7.59. The van der Waals surface area contributed by atoms with Gasteiger partial charge in [0.05, 0.1) is 19.0 Å². The Kier molecular flexibility index (Phi) is 8.12. The maximum absolute atomic E-state index is 12.1. The zero-order valence-corrected chi connectivity index (χ0v) is 20.9. The number of aromatic amines is 1. The first-order chi connectivity index (χ1) is 17.6. The molecule has 4 rings (SSSR count). The lowest BCUT2D eigenvalue weighted by Crippen LogP contribution is -2.57. The molecule has 2 aliphatic rings. The van der Waals surface area contributed by atoms with Crippen molar-refractivity contribution in [3.05, 3.63) is 16.7 Å².